The van der Waals surface area contributed by atoms with Crippen LogP contribution in [0.2, 0.25) is 0 Å². The zero-order valence-corrected chi connectivity index (χ0v) is 23.8. The summed E-state index contributed by atoms with van der Waals surface area (Å²) in [5.74, 6) is -0.307. The van der Waals surface area contributed by atoms with Crippen molar-refractivity contribution in [2.45, 2.75) is 115 Å². The van der Waals surface area contributed by atoms with E-state index in [1.54, 1.807) is 19.1 Å². The maximum atomic E-state index is 12.8. The van der Waals surface area contributed by atoms with E-state index in [1.165, 1.54) is 69.1 Å². The van der Waals surface area contributed by atoms with Crippen LogP contribution in [0.1, 0.15) is 119 Å². The maximum absolute atomic E-state index is 12.8. The number of amides is 1. The lowest BCUT2D eigenvalue weighted by atomic mass is 9.89. The molecule has 39 heavy (non-hydrogen) atoms. The Kier molecular flexibility index (Phi) is 13.2. The fraction of sp³-hybridized carbons (Fsp3) is 0.625. The van der Waals surface area contributed by atoms with Crippen LogP contribution in [0.3, 0.4) is 0 Å². The molecule has 216 valence electrons. The van der Waals surface area contributed by atoms with E-state index in [-0.39, 0.29) is 11.7 Å². The maximum Gasteiger partial charge on any atom is 0.407 e. The van der Waals surface area contributed by atoms with Gasteiger partial charge in [0.05, 0.1) is 12.6 Å². The average molecular weight is 542 g/mol. The Morgan fingerprint density at radius 2 is 1.54 bits per heavy atom. The number of nitrogens with zero attached hydrogens (tertiary/aromatic N) is 1. The van der Waals surface area contributed by atoms with Gasteiger partial charge < -0.3 is 23.9 Å². The van der Waals surface area contributed by atoms with E-state index in [4.69, 9.17) is 13.9 Å². The van der Waals surface area contributed by atoms with E-state index in [0.717, 1.165) is 18.4 Å². The molecule has 1 aliphatic heterocycles. The second kappa shape index (κ2) is 16.9. The van der Waals surface area contributed by atoms with E-state index in [0.29, 0.717) is 25.5 Å². The van der Waals surface area contributed by atoms with Gasteiger partial charge in [0.2, 0.25) is 5.76 Å². The molecule has 1 aromatic carbocycles. The molecule has 7 nitrogen and oxygen atoms in total. The van der Waals surface area contributed by atoms with Gasteiger partial charge in [-0.2, -0.15) is 0 Å². The van der Waals surface area contributed by atoms with E-state index in [1.807, 2.05) is 30.3 Å². The third-order valence-corrected chi connectivity index (χ3v) is 7.73. The molecule has 0 radical (unpaired) electrons. The van der Waals surface area contributed by atoms with Crippen LogP contribution in [0, 0.1) is 0 Å². The number of esters is 1. The predicted molar refractivity (Wildman–Crippen MR) is 152 cm³/mol. The number of hydrogen-bond acceptors (Lipinski definition) is 5. The fourth-order valence-corrected chi connectivity index (χ4v) is 5.60. The zero-order valence-electron chi connectivity index (χ0n) is 23.8. The molecule has 1 aromatic heterocycles. The molecule has 3 atom stereocenters. The summed E-state index contributed by atoms with van der Waals surface area (Å²) in [7, 11) is 0. The highest BCUT2D eigenvalue weighted by Crippen LogP contribution is 2.36. The summed E-state index contributed by atoms with van der Waals surface area (Å²) in [6.45, 7) is 4.95. The van der Waals surface area contributed by atoms with Crippen LogP contribution >= 0.6 is 0 Å². The monoisotopic (exact) mass is 541 g/mol. The SMILES string of the molecule is CCCCCCCCCCCCCCOc1ccc(C(=O)OC(C)C2C(c3ccccc3)CCN2C(=O)O)o1. The van der Waals surface area contributed by atoms with Gasteiger partial charge >= 0.3 is 12.1 Å². The van der Waals surface area contributed by atoms with Crippen molar-refractivity contribution in [1.29, 1.82) is 0 Å². The largest absolute Gasteiger partial charge is 0.465 e. The number of carboxylic acid groups (broad SMARTS) is 1. The Balaban J connectivity index is 1.35. The topological polar surface area (TPSA) is 89.2 Å². The standard InChI is InChI=1S/C32H47NO6/c1-3-4-5-6-7-8-9-10-11-12-13-17-24-37-29-21-20-28(39-29)31(34)38-25(2)30-27(22-23-33(30)32(35)36)26-18-15-14-16-19-26/h14-16,18-21,25,27,30H,3-13,17,22-24H2,1-2H3,(H,35,36). The van der Waals surface area contributed by atoms with Gasteiger partial charge in [-0.15, -0.1) is 0 Å². The summed E-state index contributed by atoms with van der Waals surface area (Å²) < 4.78 is 17.0. The first-order valence-corrected chi connectivity index (χ1v) is 15.0. The second-order valence-electron chi connectivity index (χ2n) is 10.7. The quantitative estimate of drug-likeness (QED) is 0.150. The Morgan fingerprint density at radius 1 is 0.923 bits per heavy atom. The number of unbranched alkanes of at least 4 members (excludes halogenated alkanes) is 11. The minimum absolute atomic E-state index is 0.0452. The highest BCUT2D eigenvalue weighted by molar-refractivity contribution is 5.86. The summed E-state index contributed by atoms with van der Waals surface area (Å²) in [6, 6.07) is 12.5. The Morgan fingerprint density at radius 3 is 2.15 bits per heavy atom. The lowest BCUT2D eigenvalue weighted by Crippen LogP contribution is -2.45. The Hall–Kier alpha value is -2.96. The van der Waals surface area contributed by atoms with E-state index < -0.39 is 24.2 Å². The van der Waals surface area contributed by atoms with E-state index in [2.05, 4.69) is 6.92 Å². The molecule has 2 heterocycles. The molecule has 7 heteroatoms. The van der Waals surface area contributed by atoms with Crippen LogP contribution < -0.4 is 4.74 Å². The first kappa shape index (κ1) is 30.6. The number of benzene rings is 1. The van der Waals surface area contributed by atoms with Gasteiger partial charge in [0.15, 0.2) is 0 Å². The van der Waals surface area contributed by atoms with Gasteiger partial charge in [0.25, 0.3) is 5.95 Å². The van der Waals surface area contributed by atoms with Crippen LogP contribution in [0.15, 0.2) is 46.9 Å². The van der Waals surface area contributed by atoms with Gasteiger partial charge in [-0.1, -0.05) is 108 Å². The van der Waals surface area contributed by atoms with Crippen LogP contribution in [0.4, 0.5) is 4.79 Å². The molecule has 1 N–H and O–H groups in total. The average Bonchev–Trinajstić information content (AvgIpc) is 3.60. The highest BCUT2D eigenvalue weighted by atomic mass is 16.6. The summed E-state index contributed by atoms with van der Waals surface area (Å²) in [5.41, 5.74) is 1.04. The van der Waals surface area contributed by atoms with Gasteiger partial charge in [0, 0.05) is 18.5 Å². The van der Waals surface area contributed by atoms with Gasteiger partial charge in [-0.3, -0.25) is 0 Å². The third kappa shape index (κ3) is 9.94. The molecule has 1 aliphatic rings. The second-order valence-corrected chi connectivity index (χ2v) is 10.7. The number of ether oxygens (including phenoxy) is 2. The number of hydrogen-bond donors (Lipinski definition) is 1. The molecule has 1 saturated heterocycles. The lowest BCUT2D eigenvalue weighted by Gasteiger charge is -2.31. The van der Waals surface area contributed by atoms with Crippen molar-refractivity contribution in [1.82, 2.24) is 4.90 Å². The van der Waals surface area contributed by atoms with Crippen LogP contribution in [-0.4, -0.2) is 47.4 Å². The molecule has 1 amide bonds. The normalized spacial score (nSPS) is 17.7. The lowest BCUT2D eigenvalue weighted by molar-refractivity contribution is 0.00770. The number of carbonyl (C=O) groups excluding carboxylic acids is 1. The van der Waals surface area contributed by atoms with Crippen molar-refractivity contribution >= 4 is 12.1 Å². The molecular formula is C32H47NO6. The number of rotatable bonds is 18. The summed E-state index contributed by atoms with van der Waals surface area (Å²) in [5, 5.41) is 9.72. The molecule has 0 saturated carbocycles. The van der Waals surface area contributed by atoms with Crippen LogP contribution in [-0.2, 0) is 4.74 Å². The minimum atomic E-state index is -1.01. The minimum Gasteiger partial charge on any atom is -0.465 e. The molecule has 3 rings (SSSR count). The first-order chi connectivity index (χ1) is 19.0. The van der Waals surface area contributed by atoms with Crippen LogP contribution in [0.25, 0.3) is 0 Å². The van der Waals surface area contributed by atoms with E-state index in [9.17, 15) is 14.7 Å². The first-order valence-electron chi connectivity index (χ1n) is 15.0. The number of furan rings is 1. The summed E-state index contributed by atoms with van der Waals surface area (Å²) in [6.07, 6.45) is 14.4. The van der Waals surface area contributed by atoms with Crippen molar-refractivity contribution in [3.63, 3.8) is 0 Å². The Labute approximate surface area is 233 Å². The van der Waals surface area contributed by atoms with Crippen molar-refractivity contribution in [3.8, 4) is 5.95 Å². The molecule has 1 fully saturated rings. The van der Waals surface area contributed by atoms with Gasteiger partial charge in [-0.25, -0.2) is 9.59 Å². The summed E-state index contributed by atoms with van der Waals surface area (Å²) >= 11 is 0. The van der Waals surface area contributed by atoms with Crippen molar-refractivity contribution in [2.75, 3.05) is 13.2 Å². The van der Waals surface area contributed by atoms with Crippen molar-refractivity contribution < 1.29 is 28.6 Å². The Bertz CT molecular complexity index is 974. The van der Waals surface area contributed by atoms with E-state index >= 15 is 0 Å². The summed E-state index contributed by atoms with van der Waals surface area (Å²) in [4.78, 5) is 26.0. The molecule has 2 aromatic rings. The number of likely N-dealkylation sites (tertiary alicyclic amines) is 1. The highest BCUT2D eigenvalue weighted by Gasteiger charge is 2.43. The van der Waals surface area contributed by atoms with Crippen LogP contribution in [0.5, 0.6) is 5.95 Å². The zero-order chi connectivity index (χ0) is 27.9. The number of carbonyl (C=O) groups is 2. The molecular weight excluding hydrogens is 494 g/mol. The predicted octanol–water partition coefficient (Wildman–Crippen LogP) is 8.44. The van der Waals surface area contributed by atoms with Gasteiger partial charge in [0.1, 0.15) is 6.10 Å². The van der Waals surface area contributed by atoms with Crippen molar-refractivity contribution in [2.24, 2.45) is 0 Å². The third-order valence-electron chi connectivity index (χ3n) is 7.73. The molecule has 3 unspecified atom stereocenters. The van der Waals surface area contributed by atoms with Gasteiger partial charge in [-0.05, 0) is 31.4 Å². The van der Waals surface area contributed by atoms with Crippen molar-refractivity contribution in [3.05, 3.63) is 53.8 Å². The fourth-order valence-electron chi connectivity index (χ4n) is 5.60. The molecule has 0 spiro atoms. The smallest absolute Gasteiger partial charge is 0.407 e. The molecule has 0 aliphatic carbocycles. The molecule has 0 bridgehead atoms.